The van der Waals surface area contributed by atoms with Crippen LogP contribution in [0.5, 0.6) is 0 Å². The van der Waals surface area contributed by atoms with Crippen LogP contribution in [0.25, 0.3) is 0 Å². The first-order chi connectivity index (χ1) is 4.63. The number of nitrogens with two attached hydrogens (primary N) is 1. The van der Waals surface area contributed by atoms with Crippen LogP contribution in [0.3, 0.4) is 0 Å². The largest absolute Gasteiger partial charge is 0.506 e. The molecule has 0 radical (unpaired) electrons. The second kappa shape index (κ2) is 3.99. The molecule has 0 aliphatic carbocycles. The molecule has 0 amide bonds. The van der Waals surface area contributed by atoms with E-state index in [9.17, 15) is 5.11 Å². The first-order valence-electron chi connectivity index (χ1n) is 3.44. The van der Waals surface area contributed by atoms with Gasteiger partial charge >= 0.3 is 0 Å². The lowest BCUT2D eigenvalue weighted by atomic mass is 10.1. The van der Waals surface area contributed by atoms with Crippen molar-refractivity contribution < 1.29 is 5.11 Å². The standard InChI is InChI=1S/C8H15NO/c1-4-6(3)8(10)7(9)5-2/h5,10H,4,9H2,1-3H3/b7-5+,8-6+. The Bertz CT molecular complexity index is 168. The van der Waals surface area contributed by atoms with E-state index in [1.54, 1.807) is 13.0 Å². The molecule has 0 aliphatic rings. The summed E-state index contributed by atoms with van der Waals surface area (Å²) in [5, 5.41) is 9.27. The number of rotatable bonds is 2. The molecule has 0 fully saturated rings. The predicted molar refractivity (Wildman–Crippen MR) is 43.6 cm³/mol. The maximum Gasteiger partial charge on any atom is 0.137 e. The van der Waals surface area contributed by atoms with Gasteiger partial charge < -0.3 is 10.8 Å². The second-order valence-corrected chi connectivity index (χ2v) is 2.23. The van der Waals surface area contributed by atoms with E-state index in [4.69, 9.17) is 5.73 Å². The summed E-state index contributed by atoms with van der Waals surface area (Å²) in [6, 6.07) is 0. The van der Waals surface area contributed by atoms with Gasteiger partial charge in [0.15, 0.2) is 0 Å². The Labute approximate surface area is 62.0 Å². The van der Waals surface area contributed by atoms with Crippen LogP contribution in [-0.4, -0.2) is 5.11 Å². The zero-order valence-corrected chi connectivity index (χ0v) is 6.81. The number of allylic oxidation sites excluding steroid dienone is 2. The molecule has 0 bridgehead atoms. The highest BCUT2D eigenvalue weighted by Crippen LogP contribution is 2.09. The molecule has 3 N–H and O–H groups in total. The van der Waals surface area contributed by atoms with Crippen LogP contribution in [-0.2, 0) is 0 Å². The summed E-state index contributed by atoms with van der Waals surface area (Å²) in [7, 11) is 0. The molecule has 2 heteroatoms. The molecule has 0 saturated heterocycles. The number of hydrogen-bond acceptors (Lipinski definition) is 2. The third kappa shape index (κ3) is 2.13. The van der Waals surface area contributed by atoms with Gasteiger partial charge in [-0.15, -0.1) is 0 Å². The minimum absolute atomic E-state index is 0.227. The van der Waals surface area contributed by atoms with Crippen LogP contribution in [0.2, 0.25) is 0 Å². The number of aliphatic hydroxyl groups is 1. The topological polar surface area (TPSA) is 46.2 Å². The van der Waals surface area contributed by atoms with E-state index in [2.05, 4.69) is 0 Å². The van der Waals surface area contributed by atoms with E-state index < -0.39 is 0 Å². The van der Waals surface area contributed by atoms with Gasteiger partial charge in [-0.25, -0.2) is 0 Å². The molecule has 10 heavy (non-hydrogen) atoms. The Morgan fingerprint density at radius 2 is 2.10 bits per heavy atom. The van der Waals surface area contributed by atoms with Gasteiger partial charge in [-0.2, -0.15) is 0 Å². The fourth-order valence-corrected chi connectivity index (χ4v) is 0.551. The smallest absolute Gasteiger partial charge is 0.137 e. The van der Waals surface area contributed by atoms with E-state index in [0.717, 1.165) is 12.0 Å². The summed E-state index contributed by atoms with van der Waals surface area (Å²) in [4.78, 5) is 0. The summed E-state index contributed by atoms with van der Waals surface area (Å²) >= 11 is 0. The molecular formula is C8H15NO. The summed E-state index contributed by atoms with van der Waals surface area (Å²) in [5.74, 6) is 0.227. The Morgan fingerprint density at radius 3 is 2.40 bits per heavy atom. The van der Waals surface area contributed by atoms with Gasteiger partial charge in [0.05, 0.1) is 5.70 Å². The lowest BCUT2D eigenvalue weighted by molar-refractivity contribution is 0.412. The molecule has 0 aromatic carbocycles. The zero-order chi connectivity index (χ0) is 8.15. The average Bonchev–Trinajstić information content (AvgIpc) is 2.00. The third-order valence-corrected chi connectivity index (χ3v) is 1.52. The van der Waals surface area contributed by atoms with Crippen molar-refractivity contribution in [3.63, 3.8) is 0 Å². The number of hydrogen-bond donors (Lipinski definition) is 2. The molecule has 0 unspecified atom stereocenters. The Balaban J connectivity index is 4.46. The van der Waals surface area contributed by atoms with Gasteiger partial charge in [0.25, 0.3) is 0 Å². The number of aliphatic hydroxyl groups excluding tert-OH is 1. The van der Waals surface area contributed by atoms with Crippen molar-refractivity contribution in [1.82, 2.24) is 0 Å². The van der Waals surface area contributed by atoms with Gasteiger partial charge in [0.2, 0.25) is 0 Å². The Morgan fingerprint density at radius 1 is 1.60 bits per heavy atom. The molecule has 0 atom stereocenters. The molecule has 0 aliphatic heterocycles. The van der Waals surface area contributed by atoms with E-state index >= 15 is 0 Å². The fraction of sp³-hybridized carbons (Fsp3) is 0.500. The van der Waals surface area contributed by atoms with Crippen molar-refractivity contribution in [2.24, 2.45) is 5.73 Å². The lowest BCUT2D eigenvalue weighted by Gasteiger charge is -2.02. The zero-order valence-electron chi connectivity index (χ0n) is 6.81. The lowest BCUT2D eigenvalue weighted by Crippen LogP contribution is -2.01. The molecule has 0 aromatic heterocycles. The summed E-state index contributed by atoms with van der Waals surface area (Å²) in [6.45, 7) is 5.65. The highest BCUT2D eigenvalue weighted by molar-refractivity contribution is 5.25. The van der Waals surface area contributed by atoms with Crippen LogP contribution >= 0.6 is 0 Å². The molecular weight excluding hydrogens is 126 g/mol. The van der Waals surface area contributed by atoms with Crippen LogP contribution < -0.4 is 5.73 Å². The summed E-state index contributed by atoms with van der Waals surface area (Å²) in [5.41, 5.74) is 6.83. The van der Waals surface area contributed by atoms with Gasteiger partial charge in [0.1, 0.15) is 5.76 Å². The molecule has 0 aromatic rings. The van der Waals surface area contributed by atoms with Gasteiger partial charge in [-0.05, 0) is 25.8 Å². The highest BCUT2D eigenvalue weighted by atomic mass is 16.3. The molecule has 58 valence electrons. The first kappa shape index (κ1) is 9.08. The van der Waals surface area contributed by atoms with Crippen molar-refractivity contribution >= 4 is 0 Å². The van der Waals surface area contributed by atoms with Crippen LogP contribution in [0.4, 0.5) is 0 Å². The van der Waals surface area contributed by atoms with Gasteiger partial charge in [-0.3, -0.25) is 0 Å². The fourth-order valence-electron chi connectivity index (χ4n) is 0.551. The molecule has 0 spiro atoms. The van der Waals surface area contributed by atoms with Crippen LogP contribution in [0.1, 0.15) is 27.2 Å². The van der Waals surface area contributed by atoms with Crippen LogP contribution in [0, 0.1) is 0 Å². The van der Waals surface area contributed by atoms with Gasteiger partial charge in [0, 0.05) is 0 Å². The third-order valence-electron chi connectivity index (χ3n) is 1.52. The molecule has 0 rings (SSSR count). The molecule has 0 saturated carbocycles. The summed E-state index contributed by atoms with van der Waals surface area (Å²) in [6.07, 6.45) is 2.52. The second-order valence-electron chi connectivity index (χ2n) is 2.23. The van der Waals surface area contributed by atoms with Crippen molar-refractivity contribution in [2.75, 3.05) is 0 Å². The monoisotopic (exact) mass is 141 g/mol. The Hall–Kier alpha value is -0.920. The van der Waals surface area contributed by atoms with Gasteiger partial charge in [-0.1, -0.05) is 13.0 Å². The first-order valence-corrected chi connectivity index (χ1v) is 3.44. The highest BCUT2D eigenvalue weighted by Gasteiger charge is 1.98. The van der Waals surface area contributed by atoms with Crippen LogP contribution in [0.15, 0.2) is 23.1 Å². The quantitative estimate of drug-likeness (QED) is 0.457. The summed E-state index contributed by atoms with van der Waals surface area (Å²) < 4.78 is 0. The molecule has 0 heterocycles. The Kier molecular flexibility index (Phi) is 3.62. The average molecular weight is 141 g/mol. The van der Waals surface area contributed by atoms with E-state index in [-0.39, 0.29) is 5.76 Å². The minimum atomic E-state index is 0.227. The maximum absolute atomic E-state index is 9.27. The van der Waals surface area contributed by atoms with E-state index in [0.29, 0.717) is 5.70 Å². The van der Waals surface area contributed by atoms with Crippen molar-refractivity contribution in [3.05, 3.63) is 23.1 Å². The van der Waals surface area contributed by atoms with Crippen molar-refractivity contribution in [1.29, 1.82) is 0 Å². The molecule has 2 nitrogen and oxygen atoms in total. The van der Waals surface area contributed by atoms with Crippen molar-refractivity contribution in [2.45, 2.75) is 27.2 Å². The minimum Gasteiger partial charge on any atom is -0.506 e. The maximum atomic E-state index is 9.27. The van der Waals surface area contributed by atoms with Crippen molar-refractivity contribution in [3.8, 4) is 0 Å². The predicted octanol–water partition coefficient (Wildman–Crippen LogP) is 2.09. The van der Waals surface area contributed by atoms with E-state index in [1.165, 1.54) is 0 Å². The normalized spacial score (nSPS) is 14.9. The SMILES string of the molecule is C/C=C(N)\C(O)=C(\C)CC. The van der Waals surface area contributed by atoms with E-state index in [1.807, 2.05) is 13.8 Å².